The Kier molecular flexibility index (Phi) is 6.70. The number of amides is 1. The lowest BCUT2D eigenvalue weighted by Crippen LogP contribution is -2.48. The van der Waals surface area contributed by atoms with Crippen molar-refractivity contribution in [2.45, 2.75) is 32.2 Å². The lowest BCUT2D eigenvalue weighted by Gasteiger charge is -2.28. The Bertz CT molecular complexity index is 974. The summed E-state index contributed by atoms with van der Waals surface area (Å²) < 4.78 is 5.30. The van der Waals surface area contributed by atoms with E-state index in [1.165, 1.54) is 6.42 Å². The Morgan fingerprint density at radius 2 is 1.81 bits per heavy atom. The molecule has 8 heteroatoms. The first-order valence-electron chi connectivity index (χ1n) is 10.5. The van der Waals surface area contributed by atoms with Gasteiger partial charge in [-0.1, -0.05) is 48.7 Å². The van der Waals surface area contributed by atoms with Crippen molar-refractivity contribution in [2.75, 3.05) is 25.2 Å². The molecule has 1 saturated heterocycles. The van der Waals surface area contributed by atoms with Gasteiger partial charge in [-0.2, -0.15) is 5.10 Å². The largest absolute Gasteiger partial charge is 0.497 e. The van der Waals surface area contributed by atoms with Gasteiger partial charge in [0.05, 0.1) is 23.9 Å². The van der Waals surface area contributed by atoms with E-state index in [4.69, 9.17) is 33.0 Å². The molecule has 6 nitrogen and oxygen atoms in total. The molecule has 0 aliphatic carbocycles. The number of rotatable bonds is 5. The molecule has 4 rings (SSSR count). The molecule has 1 N–H and O–H groups in total. The Labute approximate surface area is 192 Å². The molecule has 0 spiro atoms. The van der Waals surface area contributed by atoms with Crippen LogP contribution in [-0.4, -0.2) is 36.8 Å². The number of carbonyl (C=O) groups is 1. The van der Waals surface area contributed by atoms with Crippen molar-refractivity contribution in [2.24, 2.45) is 11.0 Å². The van der Waals surface area contributed by atoms with Crippen LogP contribution in [-0.2, 0) is 4.79 Å². The van der Waals surface area contributed by atoms with Gasteiger partial charge in [0, 0.05) is 24.0 Å². The van der Waals surface area contributed by atoms with Gasteiger partial charge >= 0.3 is 0 Å². The van der Waals surface area contributed by atoms with Crippen molar-refractivity contribution < 1.29 is 9.53 Å². The molecule has 2 aromatic carbocycles. The van der Waals surface area contributed by atoms with Crippen LogP contribution in [0.15, 0.2) is 47.6 Å². The topological polar surface area (TPSA) is 57.2 Å². The van der Waals surface area contributed by atoms with Gasteiger partial charge in [-0.3, -0.25) is 15.2 Å². The van der Waals surface area contributed by atoms with Crippen LogP contribution in [0.1, 0.15) is 37.8 Å². The van der Waals surface area contributed by atoms with Gasteiger partial charge in [0.1, 0.15) is 11.5 Å². The van der Waals surface area contributed by atoms with Gasteiger partial charge in [0.15, 0.2) is 0 Å². The summed E-state index contributed by atoms with van der Waals surface area (Å²) in [7, 11) is 1.64. The number of carbonyl (C=O) groups excluding carboxylic acids is 1. The summed E-state index contributed by atoms with van der Waals surface area (Å²) in [6, 6.07) is 12.9. The molecular formula is C23H26Cl2N4O2. The van der Waals surface area contributed by atoms with Gasteiger partial charge in [0.2, 0.25) is 0 Å². The van der Waals surface area contributed by atoms with Crippen LogP contribution in [0.3, 0.4) is 0 Å². The zero-order chi connectivity index (χ0) is 22.0. The summed E-state index contributed by atoms with van der Waals surface area (Å²) >= 11 is 12.6. The number of halogens is 2. The lowest BCUT2D eigenvalue weighted by atomic mass is 9.91. The van der Waals surface area contributed by atoms with E-state index in [9.17, 15) is 4.79 Å². The second kappa shape index (κ2) is 9.47. The van der Waals surface area contributed by atoms with Crippen LogP contribution >= 0.6 is 23.2 Å². The van der Waals surface area contributed by atoms with Crippen LogP contribution in [0.2, 0.25) is 10.0 Å². The number of hydrogen-bond donors (Lipinski definition) is 1. The highest BCUT2D eigenvalue weighted by atomic mass is 35.5. The van der Waals surface area contributed by atoms with Crippen LogP contribution in [0.25, 0.3) is 0 Å². The smallest absolute Gasteiger partial charge is 0.282 e. The van der Waals surface area contributed by atoms with Gasteiger partial charge in [0.25, 0.3) is 5.91 Å². The van der Waals surface area contributed by atoms with E-state index in [-0.39, 0.29) is 17.9 Å². The average Bonchev–Trinajstić information content (AvgIpc) is 3.11. The Balaban J connectivity index is 1.67. The average molecular weight is 461 g/mol. The van der Waals surface area contributed by atoms with Gasteiger partial charge in [-0.05, 0) is 48.7 Å². The number of benzene rings is 2. The van der Waals surface area contributed by atoms with Crippen LogP contribution in [0.5, 0.6) is 5.75 Å². The summed E-state index contributed by atoms with van der Waals surface area (Å²) in [6.45, 7) is 3.75. The van der Waals surface area contributed by atoms with E-state index >= 15 is 0 Å². The molecule has 0 radical (unpaired) electrons. The molecule has 1 fully saturated rings. The maximum atomic E-state index is 13.1. The molecule has 0 unspecified atom stereocenters. The fourth-order valence-electron chi connectivity index (χ4n) is 4.19. The summed E-state index contributed by atoms with van der Waals surface area (Å²) in [4.78, 5) is 13.1. The Morgan fingerprint density at radius 3 is 2.45 bits per heavy atom. The monoisotopic (exact) mass is 460 g/mol. The lowest BCUT2D eigenvalue weighted by molar-refractivity contribution is -0.120. The molecule has 2 atom stereocenters. The third-order valence-electron chi connectivity index (χ3n) is 5.85. The van der Waals surface area contributed by atoms with Crippen molar-refractivity contribution in [1.82, 2.24) is 10.4 Å². The quantitative estimate of drug-likeness (QED) is 0.676. The normalized spacial score (nSPS) is 21.7. The zero-order valence-electron chi connectivity index (χ0n) is 17.6. The second-order valence-electron chi connectivity index (χ2n) is 7.92. The van der Waals surface area contributed by atoms with Gasteiger partial charge in [-0.25, -0.2) is 5.01 Å². The van der Waals surface area contributed by atoms with E-state index in [0.29, 0.717) is 21.4 Å². The van der Waals surface area contributed by atoms with Crippen molar-refractivity contribution in [3.63, 3.8) is 0 Å². The minimum atomic E-state index is -0.188. The summed E-state index contributed by atoms with van der Waals surface area (Å²) in [6.07, 6.45) is 3.37. The minimum absolute atomic E-state index is 0.148. The number of ether oxygens (including phenoxy) is 1. The predicted octanol–water partition coefficient (Wildman–Crippen LogP) is 5.07. The van der Waals surface area contributed by atoms with E-state index < -0.39 is 0 Å². The molecule has 2 aliphatic heterocycles. The highest BCUT2D eigenvalue weighted by molar-refractivity contribution is 6.41. The first kappa shape index (κ1) is 21.9. The minimum Gasteiger partial charge on any atom is -0.497 e. The van der Waals surface area contributed by atoms with E-state index in [1.54, 1.807) is 19.2 Å². The number of piperidine rings is 1. The Morgan fingerprint density at radius 1 is 1.10 bits per heavy atom. The number of methoxy groups -OCH3 is 1. The molecule has 1 amide bonds. The molecule has 2 heterocycles. The first-order chi connectivity index (χ1) is 15.0. The molecule has 0 aromatic heterocycles. The third kappa shape index (κ3) is 4.66. The molecule has 31 heavy (non-hydrogen) atoms. The number of hydrazone groups is 1. The number of nitrogens with one attached hydrogen (secondary N) is 1. The first-order valence-corrected chi connectivity index (χ1v) is 11.3. The van der Waals surface area contributed by atoms with Crippen LogP contribution < -0.4 is 15.2 Å². The highest BCUT2D eigenvalue weighted by Gasteiger charge is 2.40. The molecule has 2 aromatic rings. The van der Waals surface area contributed by atoms with E-state index in [1.807, 2.05) is 47.3 Å². The fraction of sp³-hybridized carbons (Fsp3) is 0.391. The van der Waals surface area contributed by atoms with E-state index in [2.05, 4.69) is 5.43 Å². The molecule has 2 aliphatic rings. The standard InChI is InChI=1S/C23H26Cl2N4O2/c1-15-21(23(30)27-28-12-4-3-5-13-28)26-29(20-11-8-17(24)14-19(20)25)22(15)16-6-9-18(31-2)10-7-16/h6-11,14-15,22H,3-5,12-13H2,1-2H3,(H,27,30)/t15-,22+/m1/s1. The van der Waals surface area contributed by atoms with Crippen molar-refractivity contribution in [3.05, 3.63) is 58.1 Å². The van der Waals surface area contributed by atoms with Gasteiger partial charge < -0.3 is 4.74 Å². The van der Waals surface area contributed by atoms with Crippen molar-refractivity contribution in [3.8, 4) is 5.75 Å². The zero-order valence-corrected chi connectivity index (χ0v) is 19.2. The maximum Gasteiger partial charge on any atom is 0.282 e. The van der Waals surface area contributed by atoms with Crippen molar-refractivity contribution >= 4 is 40.5 Å². The summed E-state index contributed by atoms with van der Waals surface area (Å²) in [5, 5.41) is 9.60. The fourth-order valence-corrected chi connectivity index (χ4v) is 4.69. The van der Waals surface area contributed by atoms with Crippen molar-refractivity contribution in [1.29, 1.82) is 0 Å². The van der Waals surface area contributed by atoms with Crippen LogP contribution in [0, 0.1) is 5.92 Å². The summed E-state index contributed by atoms with van der Waals surface area (Å²) in [5.41, 5.74) is 5.25. The number of nitrogens with zero attached hydrogens (tertiary/aromatic N) is 3. The van der Waals surface area contributed by atoms with Gasteiger partial charge in [-0.15, -0.1) is 0 Å². The third-order valence-corrected chi connectivity index (χ3v) is 6.38. The molecule has 0 bridgehead atoms. The second-order valence-corrected chi connectivity index (χ2v) is 8.76. The molecular weight excluding hydrogens is 435 g/mol. The maximum absolute atomic E-state index is 13.1. The number of anilines is 1. The van der Waals surface area contributed by atoms with Crippen LogP contribution in [0.4, 0.5) is 5.69 Å². The number of hydrazine groups is 1. The molecule has 164 valence electrons. The highest BCUT2D eigenvalue weighted by Crippen LogP contribution is 2.42. The summed E-state index contributed by atoms with van der Waals surface area (Å²) in [5.74, 6) is 0.458. The molecule has 0 saturated carbocycles. The number of hydrogen-bond acceptors (Lipinski definition) is 5. The van der Waals surface area contributed by atoms with E-state index in [0.717, 1.165) is 37.2 Å². The predicted molar refractivity (Wildman–Crippen MR) is 125 cm³/mol. The SMILES string of the molecule is COc1ccc([C@@H]2[C@H](C)C(C(=O)NN3CCCCC3)=NN2c2ccc(Cl)cc2Cl)cc1. The Hall–Kier alpha value is -2.28.